The van der Waals surface area contributed by atoms with Crippen LogP contribution in [0.5, 0.6) is 0 Å². The molecule has 0 aliphatic carbocycles. The monoisotopic (exact) mass is 310 g/mol. The van der Waals surface area contributed by atoms with E-state index in [1.165, 1.54) is 23.1 Å². The molecular formula is C17H22N6. The van der Waals surface area contributed by atoms with Gasteiger partial charge in [-0.3, -0.25) is 0 Å². The van der Waals surface area contributed by atoms with Crippen molar-refractivity contribution in [3.8, 4) is 0 Å². The highest BCUT2D eigenvalue weighted by Gasteiger charge is 2.08. The Hall–Kier alpha value is -2.63. The molecule has 2 heterocycles. The van der Waals surface area contributed by atoms with E-state index in [1.807, 2.05) is 6.07 Å². The molecule has 3 aromatic rings. The maximum Gasteiger partial charge on any atom is 0.254 e. The van der Waals surface area contributed by atoms with Crippen LogP contribution < -0.4 is 10.2 Å². The molecule has 2 aromatic heterocycles. The van der Waals surface area contributed by atoms with Crippen LogP contribution in [-0.4, -0.2) is 33.7 Å². The second-order valence-electron chi connectivity index (χ2n) is 5.82. The van der Waals surface area contributed by atoms with Crippen LogP contribution in [0.15, 0.2) is 30.6 Å². The molecule has 0 spiro atoms. The lowest BCUT2D eigenvalue weighted by Crippen LogP contribution is -2.11. The number of nitrogens with zero attached hydrogens (tertiary/aromatic N) is 5. The Labute approximate surface area is 136 Å². The van der Waals surface area contributed by atoms with E-state index in [-0.39, 0.29) is 0 Å². The predicted octanol–water partition coefficient (Wildman–Crippen LogP) is 2.67. The van der Waals surface area contributed by atoms with Crippen molar-refractivity contribution in [2.24, 2.45) is 0 Å². The molecule has 0 radical (unpaired) electrons. The summed E-state index contributed by atoms with van der Waals surface area (Å²) in [5.41, 5.74) is 4.75. The van der Waals surface area contributed by atoms with E-state index in [1.54, 1.807) is 4.52 Å². The van der Waals surface area contributed by atoms with Gasteiger partial charge in [-0.05, 0) is 36.6 Å². The number of hydrogen-bond donors (Lipinski definition) is 1. The minimum atomic E-state index is 0.631. The molecule has 0 bridgehead atoms. The third-order valence-electron chi connectivity index (χ3n) is 3.97. The van der Waals surface area contributed by atoms with Crippen LogP contribution in [0.2, 0.25) is 0 Å². The summed E-state index contributed by atoms with van der Waals surface area (Å²) >= 11 is 0. The molecule has 0 amide bonds. The fourth-order valence-electron chi connectivity index (χ4n) is 2.51. The number of rotatable bonds is 5. The van der Waals surface area contributed by atoms with Gasteiger partial charge in [-0.15, -0.1) is 0 Å². The van der Waals surface area contributed by atoms with Crippen molar-refractivity contribution in [2.45, 2.75) is 26.8 Å². The van der Waals surface area contributed by atoms with Gasteiger partial charge in [-0.1, -0.05) is 13.0 Å². The standard InChI is InChI=1S/C17H22N6/c1-5-14-9-16(23-17(21-14)19-11-20-23)18-10-13-6-7-15(22(3)4)8-12(13)2/h6-9,11,18H,5,10H2,1-4H3. The molecule has 1 N–H and O–H groups in total. The van der Waals surface area contributed by atoms with Crippen molar-refractivity contribution in [1.82, 2.24) is 19.6 Å². The van der Waals surface area contributed by atoms with Crippen LogP contribution in [0.3, 0.4) is 0 Å². The summed E-state index contributed by atoms with van der Waals surface area (Å²) in [5.74, 6) is 1.55. The van der Waals surface area contributed by atoms with Crippen LogP contribution in [0.25, 0.3) is 5.78 Å². The van der Waals surface area contributed by atoms with Gasteiger partial charge in [-0.25, -0.2) is 4.98 Å². The van der Waals surface area contributed by atoms with Gasteiger partial charge >= 0.3 is 0 Å². The molecule has 0 unspecified atom stereocenters. The van der Waals surface area contributed by atoms with Crippen LogP contribution in [0.4, 0.5) is 11.5 Å². The molecular weight excluding hydrogens is 288 g/mol. The fourth-order valence-corrected chi connectivity index (χ4v) is 2.51. The van der Waals surface area contributed by atoms with Gasteiger partial charge in [0, 0.05) is 38.1 Å². The lowest BCUT2D eigenvalue weighted by Gasteiger charge is -2.16. The zero-order valence-corrected chi connectivity index (χ0v) is 14.0. The van der Waals surface area contributed by atoms with Crippen molar-refractivity contribution in [2.75, 3.05) is 24.3 Å². The highest BCUT2D eigenvalue weighted by Crippen LogP contribution is 2.19. The van der Waals surface area contributed by atoms with E-state index < -0.39 is 0 Å². The predicted molar refractivity (Wildman–Crippen MR) is 93.0 cm³/mol. The van der Waals surface area contributed by atoms with Gasteiger partial charge in [0.05, 0.1) is 0 Å². The lowest BCUT2D eigenvalue weighted by molar-refractivity contribution is 0.900. The second-order valence-corrected chi connectivity index (χ2v) is 5.82. The van der Waals surface area contributed by atoms with Gasteiger partial charge in [0.1, 0.15) is 12.1 Å². The summed E-state index contributed by atoms with van der Waals surface area (Å²) in [6.45, 7) is 4.96. The Morgan fingerprint density at radius 1 is 1.22 bits per heavy atom. The number of aryl methyl sites for hydroxylation is 2. The number of benzene rings is 1. The first kappa shape index (κ1) is 15.3. The first-order valence-corrected chi connectivity index (χ1v) is 7.79. The molecule has 0 atom stereocenters. The number of nitrogens with one attached hydrogen (secondary N) is 1. The molecule has 1 aromatic carbocycles. The first-order valence-electron chi connectivity index (χ1n) is 7.79. The molecule has 23 heavy (non-hydrogen) atoms. The SMILES string of the molecule is CCc1cc(NCc2ccc(N(C)C)cc2C)n2ncnc2n1. The molecule has 0 saturated carbocycles. The zero-order chi connectivity index (χ0) is 16.4. The van der Waals surface area contributed by atoms with Gasteiger partial charge in [0.25, 0.3) is 5.78 Å². The third kappa shape index (κ3) is 3.11. The number of fused-ring (bicyclic) bond motifs is 1. The fraction of sp³-hybridized carbons (Fsp3) is 0.353. The average Bonchev–Trinajstić information content (AvgIpc) is 3.01. The van der Waals surface area contributed by atoms with E-state index in [2.05, 4.69) is 71.4 Å². The zero-order valence-electron chi connectivity index (χ0n) is 14.0. The van der Waals surface area contributed by atoms with E-state index in [0.29, 0.717) is 5.78 Å². The van der Waals surface area contributed by atoms with E-state index in [9.17, 15) is 0 Å². The Balaban J connectivity index is 1.84. The van der Waals surface area contributed by atoms with E-state index in [4.69, 9.17) is 0 Å². The minimum absolute atomic E-state index is 0.631. The number of aromatic nitrogens is 4. The summed E-state index contributed by atoms with van der Waals surface area (Å²) in [6, 6.07) is 8.54. The van der Waals surface area contributed by atoms with Crippen molar-refractivity contribution >= 4 is 17.3 Å². The van der Waals surface area contributed by atoms with Crippen molar-refractivity contribution in [3.63, 3.8) is 0 Å². The molecule has 6 nitrogen and oxygen atoms in total. The summed E-state index contributed by atoms with van der Waals surface area (Å²) in [7, 11) is 4.11. The van der Waals surface area contributed by atoms with Crippen molar-refractivity contribution in [3.05, 3.63) is 47.4 Å². The summed E-state index contributed by atoms with van der Waals surface area (Å²) in [5, 5.41) is 7.70. The molecule has 6 heteroatoms. The molecule has 120 valence electrons. The largest absolute Gasteiger partial charge is 0.378 e. The maximum atomic E-state index is 4.46. The Morgan fingerprint density at radius 2 is 2.04 bits per heavy atom. The number of hydrogen-bond acceptors (Lipinski definition) is 5. The third-order valence-corrected chi connectivity index (χ3v) is 3.97. The average molecular weight is 310 g/mol. The minimum Gasteiger partial charge on any atom is -0.378 e. The second kappa shape index (κ2) is 6.24. The van der Waals surface area contributed by atoms with Gasteiger partial charge in [0.2, 0.25) is 0 Å². The Kier molecular flexibility index (Phi) is 4.14. The topological polar surface area (TPSA) is 58.4 Å². The highest BCUT2D eigenvalue weighted by atomic mass is 15.3. The van der Waals surface area contributed by atoms with Crippen LogP contribution >= 0.6 is 0 Å². The summed E-state index contributed by atoms with van der Waals surface area (Å²) < 4.78 is 1.74. The van der Waals surface area contributed by atoms with E-state index >= 15 is 0 Å². The van der Waals surface area contributed by atoms with Crippen molar-refractivity contribution in [1.29, 1.82) is 0 Å². The van der Waals surface area contributed by atoms with Crippen molar-refractivity contribution < 1.29 is 0 Å². The Bertz CT molecular complexity index is 821. The molecule has 3 rings (SSSR count). The van der Waals surface area contributed by atoms with Gasteiger partial charge in [-0.2, -0.15) is 14.6 Å². The lowest BCUT2D eigenvalue weighted by atomic mass is 10.1. The molecule has 0 fully saturated rings. The quantitative estimate of drug-likeness (QED) is 0.785. The van der Waals surface area contributed by atoms with Gasteiger partial charge in [0.15, 0.2) is 0 Å². The normalized spacial score (nSPS) is 11.0. The Morgan fingerprint density at radius 3 is 2.74 bits per heavy atom. The highest BCUT2D eigenvalue weighted by molar-refractivity contribution is 5.51. The van der Waals surface area contributed by atoms with Crippen LogP contribution in [0, 0.1) is 6.92 Å². The molecule has 0 aliphatic rings. The molecule has 0 aliphatic heterocycles. The van der Waals surface area contributed by atoms with Gasteiger partial charge < -0.3 is 10.2 Å². The smallest absolute Gasteiger partial charge is 0.254 e. The number of anilines is 2. The maximum absolute atomic E-state index is 4.46. The van der Waals surface area contributed by atoms with E-state index in [0.717, 1.165) is 24.5 Å². The summed E-state index contributed by atoms with van der Waals surface area (Å²) in [4.78, 5) is 10.8. The first-order chi connectivity index (χ1) is 11.1. The van der Waals surface area contributed by atoms with Crippen LogP contribution in [-0.2, 0) is 13.0 Å². The summed E-state index contributed by atoms with van der Waals surface area (Å²) in [6.07, 6.45) is 2.40. The molecule has 0 saturated heterocycles. The van der Waals surface area contributed by atoms with Crippen LogP contribution in [0.1, 0.15) is 23.7 Å².